The van der Waals surface area contributed by atoms with E-state index in [1.54, 1.807) is 6.07 Å². The fraction of sp³-hybridized carbons (Fsp3) is 0.500. The highest BCUT2D eigenvalue weighted by atomic mass is 16.6. The first-order valence-corrected chi connectivity index (χ1v) is 5.80. The van der Waals surface area contributed by atoms with Gasteiger partial charge in [0.05, 0.1) is 18.5 Å². The summed E-state index contributed by atoms with van der Waals surface area (Å²) in [6.45, 7) is 3.87. The van der Waals surface area contributed by atoms with Gasteiger partial charge in [-0.2, -0.15) is 0 Å². The summed E-state index contributed by atoms with van der Waals surface area (Å²) in [6, 6.07) is 4.34. The van der Waals surface area contributed by atoms with Gasteiger partial charge in [0.2, 0.25) is 0 Å². The van der Waals surface area contributed by atoms with Crippen molar-refractivity contribution >= 4 is 5.69 Å². The summed E-state index contributed by atoms with van der Waals surface area (Å²) in [5.74, 6) is -0.523. The Hall–Kier alpha value is -1.62. The molecule has 0 spiro atoms. The molecule has 0 amide bonds. The van der Waals surface area contributed by atoms with E-state index in [-0.39, 0.29) is 5.69 Å². The topological polar surface area (TPSA) is 70.6 Å². The number of hydrogen-bond donors (Lipinski definition) is 1. The number of nitro groups is 1. The van der Waals surface area contributed by atoms with Crippen molar-refractivity contribution in [1.82, 2.24) is 0 Å². The Morgan fingerprint density at radius 2 is 2.12 bits per heavy atom. The van der Waals surface area contributed by atoms with Crippen LogP contribution in [0.25, 0.3) is 0 Å². The number of quaternary nitrogens is 1. The second kappa shape index (κ2) is 6.20. The third kappa shape index (κ3) is 4.03. The fourth-order valence-corrected chi connectivity index (χ4v) is 1.73. The van der Waals surface area contributed by atoms with Crippen molar-refractivity contribution in [2.45, 2.75) is 26.3 Å². The highest BCUT2D eigenvalue weighted by Crippen LogP contribution is 2.23. The van der Waals surface area contributed by atoms with E-state index in [0.717, 1.165) is 24.9 Å². The average molecular weight is 238 g/mol. The minimum Gasteiger partial charge on any atom is -0.868 e. The molecule has 0 radical (unpaired) electrons. The molecular formula is C12H18N2O3. The number of benzene rings is 1. The largest absolute Gasteiger partial charge is 0.868 e. The van der Waals surface area contributed by atoms with Gasteiger partial charge in [0.25, 0.3) is 5.69 Å². The van der Waals surface area contributed by atoms with Crippen LogP contribution < -0.4 is 10.0 Å². The van der Waals surface area contributed by atoms with Crippen molar-refractivity contribution in [2.24, 2.45) is 0 Å². The summed E-state index contributed by atoms with van der Waals surface area (Å²) < 4.78 is 0. The summed E-state index contributed by atoms with van der Waals surface area (Å²) in [4.78, 5) is 11.3. The Bertz CT molecular complexity index is 393. The molecule has 0 aliphatic heterocycles. The van der Waals surface area contributed by atoms with Crippen LogP contribution in [0.4, 0.5) is 5.69 Å². The van der Waals surface area contributed by atoms with E-state index in [0.29, 0.717) is 6.54 Å². The number of nitrogens with one attached hydrogen (secondary N) is 1. The van der Waals surface area contributed by atoms with Crippen LogP contribution >= 0.6 is 0 Å². The summed E-state index contributed by atoms with van der Waals surface area (Å²) in [5.41, 5.74) is 0.510. The van der Waals surface area contributed by atoms with Crippen molar-refractivity contribution in [3.63, 3.8) is 0 Å². The lowest BCUT2D eigenvalue weighted by Crippen LogP contribution is -3.07. The molecule has 17 heavy (non-hydrogen) atoms. The number of unbranched alkanes of at least 4 members (excludes halogenated alkanes) is 1. The number of nitro benzene ring substituents is 1. The molecule has 0 saturated heterocycles. The molecule has 0 aliphatic rings. The molecule has 0 aromatic heterocycles. The third-order valence-corrected chi connectivity index (χ3v) is 2.68. The molecule has 0 heterocycles. The predicted molar refractivity (Wildman–Crippen MR) is 62.9 cm³/mol. The first kappa shape index (κ1) is 13.4. The van der Waals surface area contributed by atoms with Gasteiger partial charge in [0.1, 0.15) is 6.54 Å². The zero-order valence-corrected chi connectivity index (χ0v) is 10.2. The normalized spacial score (nSPS) is 12.4. The van der Waals surface area contributed by atoms with Gasteiger partial charge in [-0.3, -0.25) is 10.1 Å². The van der Waals surface area contributed by atoms with E-state index < -0.39 is 10.7 Å². The molecule has 1 aromatic carbocycles. The van der Waals surface area contributed by atoms with E-state index in [1.807, 2.05) is 7.05 Å². The first-order valence-electron chi connectivity index (χ1n) is 5.80. The van der Waals surface area contributed by atoms with Crippen molar-refractivity contribution in [1.29, 1.82) is 0 Å². The molecule has 5 heteroatoms. The maximum Gasteiger partial charge on any atom is 0.262 e. The SMILES string of the molecule is CCCC[NH+](C)Cc1ccc([O-])c([N+](=O)[O-])c1. The number of nitrogens with zero attached hydrogens (tertiary/aromatic N) is 1. The van der Waals surface area contributed by atoms with E-state index in [9.17, 15) is 15.2 Å². The average Bonchev–Trinajstić information content (AvgIpc) is 2.28. The van der Waals surface area contributed by atoms with Gasteiger partial charge >= 0.3 is 0 Å². The van der Waals surface area contributed by atoms with Crippen LogP contribution in [0.5, 0.6) is 5.75 Å². The lowest BCUT2D eigenvalue weighted by atomic mass is 10.1. The molecule has 94 valence electrons. The van der Waals surface area contributed by atoms with Gasteiger partial charge in [-0.15, -0.1) is 0 Å². The lowest BCUT2D eigenvalue weighted by Gasteiger charge is -2.14. The number of rotatable bonds is 6. The van der Waals surface area contributed by atoms with E-state index in [2.05, 4.69) is 6.92 Å². The van der Waals surface area contributed by atoms with Crippen molar-refractivity contribution < 1.29 is 14.9 Å². The number of hydrogen-bond acceptors (Lipinski definition) is 3. The second-order valence-corrected chi connectivity index (χ2v) is 4.30. The molecule has 1 N–H and O–H groups in total. The molecule has 1 unspecified atom stereocenters. The third-order valence-electron chi connectivity index (χ3n) is 2.68. The van der Waals surface area contributed by atoms with Crippen LogP contribution in [-0.4, -0.2) is 18.5 Å². The molecule has 0 saturated carbocycles. The maximum atomic E-state index is 11.2. The van der Waals surface area contributed by atoms with Gasteiger partial charge in [-0.1, -0.05) is 25.5 Å². The van der Waals surface area contributed by atoms with Crippen LogP contribution in [0, 0.1) is 10.1 Å². The molecule has 0 fully saturated rings. The molecular weight excluding hydrogens is 220 g/mol. The van der Waals surface area contributed by atoms with Gasteiger partial charge in [0, 0.05) is 11.6 Å². The van der Waals surface area contributed by atoms with Crippen LogP contribution in [0.2, 0.25) is 0 Å². The predicted octanol–water partition coefficient (Wildman–Crippen LogP) is 0.483. The lowest BCUT2D eigenvalue weighted by molar-refractivity contribution is -0.894. The zero-order chi connectivity index (χ0) is 12.8. The molecule has 1 atom stereocenters. The minimum atomic E-state index is -0.618. The monoisotopic (exact) mass is 238 g/mol. The summed E-state index contributed by atoms with van der Waals surface area (Å²) in [5, 5.41) is 21.9. The maximum absolute atomic E-state index is 11.2. The van der Waals surface area contributed by atoms with Gasteiger partial charge in [-0.25, -0.2) is 0 Å². The smallest absolute Gasteiger partial charge is 0.262 e. The van der Waals surface area contributed by atoms with Crippen LogP contribution in [-0.2, 0) is 6.54 Å². The van der Waals surface area contributed by atoms with Crippen LogP contribution in [0.3, 0.4) is 0 Å². The second-order valence-electron chi connectivity index (χ2n) is 4.30. The van der Waals surface area contributed by atoms with Crippen molar-refractivity contribution in [3.8, 4) is 5.75 Å². The summed E-state index contributed by atoms with van der Waals surface area (Å²) >= 11 is 0. The Labute approximate surface area is 101 Å². The first-order chi connectivity index (χ1) is 8.04. The van der Waals surface area contributed by atoms with Crippen molar-refractivity contribution in [3.05, 3.63) is 33.9 Å². The Kier molecular flexibility index (Phi) is 4.90. The summed E-state index contributed by atoms with van der Waals surface area (Å²) in [6.07, 6.45) is 2.27. The van der Waals surface area contributed by atoms with Crippen LogP contribution in [0.15, 0.2) is 18.2 Å². The minimum absolute atomic E-state index is 0.328. The molecule has 5 nitrogen and oxygen atoms in total. The van der Waals surface area contributed by atoms with Crippen LogP contribution in [0.1, 0.15) is 25.3 Å². The molecule has 0 aliphatic carbocycles. The molecule has 1 aromatic rings. The van der Waals surface area contributed by atoms with Gasteiger partial charge in [0.15, 0.2) is 0 Å². The van der Waals surface area contributed by atoms with Crippen molar-refractivity contribution in [2.75, 3.05) is 13.6 Å². The van der Waals surface area contributed by atoms with E-state index >= 15 is 0 Å². The van der Waals surface area contributed by atoms with E-state index in [1.165, 1.54) is 17.0 Å². The Balaban J connectivity index is 2.72. The summed E-state index contributed by atoms with van der Waals surface area (Å²) in [7, 11) is 2.05. The highest BCUT2D eigenvalue weighted by molar-refractivity contribution is 5.46. The quantitative estimate of drug-likeness (QED) is 0.579. The Morgan fingerprint density at radius 3 is 2.71 bits per heavy atom. The highest BCUT2D eigenvalue weighted by Gasteiger charge is 2.10. The van der Waals surface area contributed by atoms with Gasteiger partial charge in [-0.05, 0) is 12.2 Å². The van der Waals surface area contributed by atoms with E-state index in [4.69, 9.17) is 0 Å². The molecule has 0 bridgehead atoms. The van der Waals surface area contributed by atoms with Gasteiger partial charge < -0.3 is 10.0 Å². The standard InChI is InChI=1S/C12H18N2O3/c1-3-4-7-13(2)9-10-5-6-12(15)11(8-10)14(16)17/h5-6,8,15H,3-4,7,9H2,1-2H3. The fourth-order valence-electron chi connectivity index (χ4n) is 1.73. The Morgan fingerprint density at radius 1 is 1.41 bits per heavy atom. The zero-order valence-electron chi connectivity index (χ0n) is 10.2. The molecule has 1 rings (SSSR count).